The summed E-state index contributed by atoms with van der Waals surface area (Å²) in [5.41, 5.74) is 4.78. The third-order valence-corrected chi connectivity index (χ3v) is 8.19. The number of piperidine rings is 1. The summed E-state index contributed by atoms with van der Waals surface area (Å²) in [7, 11) is 0. The van der Waals surface area contributed by atoms with Crippen molar-refractivity contribution in [2.75, 3.05) is 25.0 Å². The lowest BCUT2D eigenvalue weighted by atomic mass is 9.83. The largest absolute Gasteiger partial charge is 0.314 e. The second-order valence-electron chi connectivity index (χ2n) is 10.8. The van der Waals surface area contributed by atoms with Crippen molar-refractivity contribution >= 4 is 23.4 Å². The number of aromatic nitrogens is 2. The van der Waals surface area contributed by atoms with Gasteiger partial charge in [-0.15, -0.1) is 0 Å². The molecule has 0 aromatic carbocycles. The van der Waals surface area contributed by atoms with E-state index in [0.29, 0.717) is 36.0 Å². The van der Waals surface area contributed by atoms with Crippen molar-refractivity contribution in [1.29, 1.82) is 10.8 Å². The van der Waals surface area contributed by atoms with E-state index >= 15 is 0 Å². The maximum Gasteiger partial charge on any atom is 0.275 e. The minimum Gasteiger partial charge on any atom is -0.314 e. The minimum absolute atomic E-state index is 0. The zero-order valence-electron chi connectivity index (χ0n) is 22.4. The molecule has 5 rings (SSSR count). The Morgan fingerprint density at radius 3 is 2.74 bits per heavy atom. The first-order valence-electron chi connectivity index (χ1n) is 14.1. The lowest BCUT2D eigenvalue weighted by Gasteiger charge is -2.33. The number of hydrogen-bond donors (Lipinski definition) is 3. The van der Waals surface area contributed by atoms with Gasteiger partial charge < -0.3 is 10.2 Å². The number of carbonyl (C=O) groups excluding carboxylic acids is 1. The van der Waals surface area contributed by atoms with E-state index in [4.69, 9.17) is 10.8 Å². The Kier molecular flexibility index (Phi) is 8.27. The van der Waals surface area contributed by atoms with Gasteiger partial charge in [-0.2, -0.15) is 0 Å². The first-order valence-corrected chi connectivity index (χ1v) is 14.1. The van der Waals surface area contributed by atoms with Gasteiger partial charge in [0.2, 0.25) is 0 Å². The number of fused-ring (bicyclic) bond motifs is 1. The van der Waals surface area contributed by atoms with Crippen LogP contribution in [0.15, 0.2) is 42.1 Å². The van der Waals surface area contributed by atoms with Crippen molar-refractivity contribution in [3.05, 3.63) is 64.6 Å². The third kappa shape index (κ3) is 6.01. The predicted octanol–water partition coefficient (Wildman–Crippen LogP) is 5.65. The molecule has 0 bridgehead atoms. The van der Waals surface area contributed by atoms with Crippen molar-refractivity contribution in [3.63, 3.8) is 0 Å². The molecule has 1 saturated carbocycles. The van der Waals surface area contributed by atoms with E-state index in [0.717, 1.165) is 44.8 Å². The van der Waals surface area contributed by atoms with Crippen molar-refractivity contribution in [2.45, 2.75) is 71.3 Å². The number of carbonyl (C=O) groups is 1. The summed E-state index contributed by atoms with van der Waals surface area (Å²) in [6, 6.07) is 7.18. The van der Waals surface area contributed by atoms with Gasteiger partial charge in [0.25, 0.3) is 5.91 Å². The average molecular weight is 516 g/mol. The molecular formula is C30H41N7O. The molecule has 8 nitrogen and oxygen atoms in total. The SMILES string of the molecule is C/C=C(\CN1CCc2cnc(C(=O)Nc3cccc(C(=N)N4CCCCC4=N)n3)cc2C1)C1CCCCC1.[HH]. The summed E-state index contributed by atoms with van der Waals surface area (Å²) in [5, 5.41) is 19.6. The fourth-order valence-corrected chi connectivity index (χ4v) is 5.98. The fraction of sp³-hybridized carbons (Fsp3) is 0.500. The van der Waals surface area contributed by atoms with Crippen LogP contribution in [0.5, 0.6) is 0 Å². The summed E-state index contributed by atoms with van der Waals surface area (Å²) in [6.45, 7) is 5.68. The summed E-state index contributed by atoms with van der Waals surface area (Å²) in [4.78, 5) is 26.3. The highest BCUT2D eigenvalue weighted by Crippen LogP contribution is 2.31. The van der Waals surface area contributed by atoms with Crippen LogP contribution in [-0.4, -0.2) is 57.0 Å². The van der Waals surface area contributed by atoms with E-state index in [1.165, 1.54) is 43.2 Å². The van der Waals surface area contributed by atoms with E-state index < -0.39 is 0 Å². The van der Waals surface area contributed by atoms with Crippen molar-refractivity contribution in [2.24, 2.45) is 5.92 Å². The lowest BCUT2D eigenvalue weighted by molar-refractivity contribution is 0.102. The van der Waals surface area contributed by atoms with Crippen LogP contribution >= 0.6 is 0 Å². The van der Waals surface area contributed by atoms with Gasteiger partial charge in [-0.25, -0.2) is 4.98 Å². The van der Waals surface area contributed by atoms with Crippen LogP contribution in [-0.2, 0) is 13.0 Å². The number of allylic oxidation sites excluding steroid dienone is 1. The van der Waals surface area contributed by atoms with E-state index in [1.54, 1.807) is 28.7 Å². The van der Waals surface area contributed by atoms with Crippen LogP contribution in [0.3, 0.4) is 0 Å². The van der Waals surface area contributed by atoms with Gasteiger partial charge in [-0.1, -0.05) is 37.0 Å². The molecule has 202 valence electrons. The summed E-state index contributed by atoms with van der Waals surface area (Å²) < 4.78 is 0. The zero-order valence-corrected chi connectivity index (χ0v) is 22.4. The first-order chi connectivity index (χ1) is 18.5. The third-order valence-electron chi connectivity index (χ3n) is 8.19. The van der Waals surface area contributed by atoms with Crippen molar-refractivity contribution in [1.82, 2.24) is 19.8 Å². The minimum atomic E-state index is -0.303. The molecule has 1 aliphatic carbocycles. The Morgan fingerprint density at radius 1 is 1.11 bits per heavy atom. The van der Waals surface area contributed by atoms with Gasteiger partial charge in [0.15, 0.2) is 5.84 Å². The zero-order chi connectivity index (χ0) is 26.5. The Labute approximate surface area is 227 Å². The number of pyridine rings is 2. The molecule has 3 N–H and O–H groups in total. The highest BCUT2D eigenvalue weighted by atomic mass is 16.1. The van der Waals surface area contributed by atoms with Crippen molar-refractivity contribution < 1.29 is 6.22 Å². The normalized spacial score (nSPS) is 19.2. The summed E-state index contributed by atoms with van der Waals surface area (Å²) in [5.74, 6) is 1.45. The van der Waals surface area contributed by atoms with E-state index in [9.17, 15) is 4.79 Å². The lowest BCUT2D eigenvalue weighted by Crippen LogP contribution is -2.40. The maximum absolute atomic E-state index is 13.1. The van der Waals surface area contributed by atoms with Crippen LogP contribution in [0.4, 0.5) is 5.82 Å². The number of nitrogens with zero attached hydrogens (tertiary/aromatic N) is 4. The number of nitrogens with one attached hydrogen (secondary N) is 3. The monoisotopic (exact) mass is 515 g/mol. The van der Waals surface area contributed by atoms with Crippen LogP contribution in [0, 0.1) is 16.7 Å². The van der Waals surface area contributed by atoms with Gasteiger partial charge >= 0.3 is 0 Å². The molecule has 38 heavy (non-hydrogen) atoms. The molecule has 0 spiro atoms. The van der Waals surface area contributed by atoms with Crippen LogP contribution < -0.4 is 5.32 Å². The molecule has 1 amide bonds. The molecule has 0 radical (unpaired) electrons. The maximum atomic E-state index is 13.1. The standard InChI is InChI=1S/C30H39N7O.H2/c1-2-21(22-9-4-3-5-10-22)19-36-16-14-23-18-33-26(17-24(23)20-36)30(38)35-28-13-8-11-25(34-28)29(32)37-15-7-6-12-27(37)31;/h2,8,11,13,17-18,22,31-32H,3-7,9-10,12,14-16,19-20H2,1H3,(H,34,35,38);1H/b21-2+,31-27?,32-29?;. The molecule has 4 heterocycles. The number of amides is 1. The molecule has 2 aromatic rings. The summed E-state index contributed by atoms with van der Waals surface area (Å²) >= 11 is 0. The molecular weight excluding hydrogens is 474 g/mol. The van der Waals surface area contributed by atoms with Gasteiger partial charge in [-0.3, -0.25) is 25.5 Å². The molecule has 0 unspecified atom stereocenters. The van der Waals surface area contributed by atoms with Gasteiger partial charge in [0.1, 0.15) is 23.0 Å². The van der Waals surface area contributed by atoms with Gasteiger partial charge in [0, 0.05) is 40.2 Å². The molecule has 2 aromatic heterocycles. The Balaban J connectivity index is 0.00000353. The number of hydrogen-bond acceptors (Lipinski definition) is 6. The van der Waals surface area contributed by atoms with Crippen LogP contribution in [0.1, 0.15) is 87.0 Å². The smallest absolute Gasteiger partial charge is 0.275 e. The Hall–Kier alpha value is -3.39. The fourth-order valence-electron chi connectivity index (χ4n) is 5.98. The molecule has 2 fully saturated rings. The molecule has 2 aliphatic heterocycles. The van der Waals surface area contributed by atoms with E-state index in [1.807, 2.05) is 12.3 Å². The highest BCUT2D eigenvalue weighted by molar-refractivity contribution is 6.07. The summed E-state index contributed by atoms with van der Waals surface area (Å²) in [6.07, 6.45) is 14.4. The molecule has 0 atom stereocenters. The Morgan fingerprint density at radius 2 is 1.95 bits per heavy atom. The van der Waals surface area contributed by atoms with Crippen LogP contribution in [0.25, 0.3) is 0 Å². The van der Waals surface area contributed by atoms with E-state index in [2.05, 4.69) is 33.2 Å². The second kappa shape index (κ2) is 12.0. The topological polar surface area (TPSA) is 109 Å². The number of rotatable bonds is 6. The number of anilines is 1. The highest BCUT2D eigenvalue weighted by Gasteiger charge is 2.24. The molecule has 3 aliphatic rings. The van der Waals surface area contributed by atoms with Crippen molar-refractivity contribution in [3.8, 4) is 0 Å². The first kappa shape index (κ1) is 26.2. The quantitative estimate of drug-likeness (QED) is 0.262. The van der Waals surface area contributed by atoms with Gasteiger partial charge in [-0.05, 0) is 74.3 Å². The Bertz CT molecular complexity index is 1240. The molecule has 8 heteroatoms. The number of amidine groups is 2. The molecule has 1 saturated heterocycles. The van der Waals surface area contributed by atoms with Crippen LogP contribution in [0.2, 0.25) is 0 Å². The van der Waals surface area contributed by atoms with E-state index in [-0.39, 0.29) is 13.2 Å². The van der Waals surface area contributed by atoms with Gasteiger partial charge in [0.05, 0.1) is 0 Å². The second-order valence-corrected chi connectivity index (χ2v) is 10.8. The predicted molar refractivity (Wildman–Crippen MR) is 153 cm³/mol. The number of likely N-dealkylation sites (tertiary alicyclic amines) is 1. The average Bonchev–Trinajstić information content (AvgIpc) is 2.96.